The average Bonchev–Trinajstić information content (AvgIpc) is 3.02. The van der Waals surface area contributed by atoms with Crippen LogP contribution < -0.4 is 4.74 Å². The van der Waals surface area contributed by atoms with Gasteiger partial charge in [0.25, 0.3) is 11.7 Å². The number of ether oxygens (including phenoxy) is 1. The van der Waals surface area contributed by atoms with Crippen molar-refractivity contribution in [3.05, 3.63) is 70.5 Å². The van der Waals surface area contributed by atoms with Gasteiger partial charge in [0, 0.05) is 12.1 Å². The summed E-state index contributed by atoms with van der Waals surface area (Å²) in [6.07, 6.45) is 0.661. The van der Waals surface area contributed by atoms with E-state index in [9.17, 15) is 19.1 Å². The molecule has 0 saturated carbocycles. The van der Waals surface area contributed by atoms with E-state index in [1.807, 2.05) is 43.3 Å². The van der Waals surface area contributed by atoms with Crippen molar-refractivity contribution in [1.29, 1.82) is 0 Å². The Hall–Kier alpha value is -3.19. The predicted molar refractivity (Wildman–Crippen MR) is 130 cm³/mol. The Morgan fingerprint density at radius 3 is 2.29 bits per heavy atom. The molecule has 0 bridgehead atoms. The van der Waals surface area contributed by atoms with Crippen LogP contribution >= 0.6 is 0 Å². The van der Waals surface area contributed by atoms with Gasteiger partial charge < -0.3 is 19.6 Å². The van der Waals surface area contributed by atoms with Crippen molar-refractivity contribution in [2.45, 2.75) is 38.6 Å². The Labute approximate surface area is 200 Å². The summed E-state index contributed by atoms with van der Waals surface area (Å²) >= 11 is 0. The third kappa shape index (κ3) is 5.14. The summed E-state index contributed by atoms with van der Waals surface area (Å²) in [6.45, 7) is 7.40. The fraction of sp³-hybridized carbons (Fsp3) is 0.407. The van der Waals surface area contributed by atoms with Gasteiger partial charge in [0.05, 0.1) is 18.7 Å². The molecule has 6 nitrogen and oxygen atoms in total. The van der Waals surface area contributed by atoms with Crippen LogP contribution in [0.15, 0.2) is 48.0 Å². The van der Waals surface area contributed by atoms with E-state index < -0.39 is 29.3 Å². The maximum atomic E-state index is 14.3. The normalized spacial score (nSPS) is 18.1. The molecule has 182 valence electrons. The lowest BCUT2D eigenvalue weighted by Crippen LogP contribution is -2.32. The lowest BCUT2D eigenvalue weighted by Gasteiger charge is -2.27. The van der Waals surface area contributed by atoms with Gasteiger partial charge >= 0.3 is 0 Å². The van der Waals surface area contributed by atoms with Crippen LogP contribution in [0.3, 0.4) is 0 Å². The molecule has 1 aliphatic rings. The molecular weight excluding hydrogens is 435 g/mol. The number of carbonyl (C=O) groups is 2. The summed E-state index contributed by atoms with van der Waals surface area (Å²) in [5.41, 5.74) is 1.83. The number of aliphatic hydroxyl groups excluding tert-OH is 1. The number of amides is 1. The van der Waals surface area contributed by atoms with Crippen LogP contribution in [0.1, 0.15) is 49.9 Å². The zero-order valence-electron chi connectivity index (χ0n) is 20.7. The van der Waals surface area contributed by atoms with Gasteiger partial charge in [0.15, 0.2) is 11.6 Å². The molecule has 1 fully saturated rings. The van der Waals surface area contributed by atoms with Gasteiger partial charge in [-0.15, -0.1) is 0 Å². The van der Waals surface area contributed by atoms with Gasteiger partial charge in [-0.25, -0.2) is 4.39 Å². The lowest BCUT2D eigenvalue weighted by atomic mass is 9.85. The maximum absolute atomic E-state index is 14.3. The van der Waals surface area contributed by atoms with E-state index >= 15 is 0 Å². The first-order valence-electron chi connectivity index (χ1n) is 11.3. The molecule has 0 radical (unpaired) electrons. The molecule has 1 heterocycles. The second kappa shape index (κ2) is 9.97. The third-order valence-corrected chi connectivity index (χ3v) is 6.06. The van der Waals surface area contributed by atoms with Crippen LogP contribution in [0.2, 0.25) is 0 Å². The van der Waals surface area contributed by atoms with E-state index in [1.54, 1.807) is 0 Å². The number of hydrogen-bond donors (Lipinski definition) is 1. The minimum absolute atomic E-state index is 0.0232. The molecule has 1 atom stereocenters. The highest BCUT2D eigenvalue weighted by atomic mass is 19.1. The standard InChI is InChI=1S/C27H33FN2O4/c1-27(2,3)19-11-8-17(9-12-19)23-22(24(31)18-10-13-21(34-6)20(28)16-18)25(32)26(33)30(23)15-7-14-29(4)5/h8-13,16,23,31H,7,14-15H2,1-6H3/t23-/m0/s1. The number of Topliss-reactive ketones (excluding diaryl/α,β-unsaturated/α-hetero) is 1. The van der Waals surface area contributed by atoms with Crippen molar-refractivity contribution in [2.75, 3.05) is 34.3 Å². The summed E-state index contributed by atoms with van der Waals surface area (Å²) in [4.78, 5) is 29.6. The Kier molecular flexibility index (Phi) is 7.46. The molecule has 1 amide bonds. The number of nitrogens with zero attached hydrogens (tertiary/aromatic N) is 2. The molecular formula is C27H33FN2O4. The molecule has 34 heavy (non-hydrogen) atoms. The zero-order chi connectivity index (χ0) is 25.2. The van der Waals surface area contributed by atoms with Gasteiger partial charge in [-0.3, -0.25) is 9.59 Å². The van der Waals surface area contributed by atoms with E-state index in [1.165, 1.54) is 24.1 Å². The first kappa shape index (κ1) is 25.4. The highest BCUT2D eigenvalue weighted by Crippen LogP contribution is 2.40. The molecule has 0 aromatic heterocycles. The molecule has 3 rings (SSSR count). The molecule has 0 aliphatic carbocycles. The highest BCUT2D eigenvalue weighted by molar-refractivity contribution is 6.46. The molecule has 2 aromatic rings. The predicted octanol–water partition coefficient (Wildman–Crippen LogP) is 4.51. The lowest BCUT2D eigenvalue weighted by molar-refractivity contribution is -0.139. The first-order valence-corrected chi connectivity index (χ1v) is 11.3. The number of rotatable bonds is 7. The van der Waals surface area contributed by atoms with Crippen LogP contribution in [0.5, 0.6) is 5.75 Å². The molecule has 0 spiro atoms. The number of ketones is 1. The largest absolute Gasteiger partial charge is 0.507 e. The van der Waals surface area contributed by atoms with E-state index in [4.69, 9.17) is 4.74 Å². The van der Waals surface area contributed by atoms with Gasteiger partial charge in [-0.2, -0.15) is 0 Å². The molecule has 0 unspecified atom stereocenters. The van der Waals surface area contributed by atoms with Crippen molar-refractivity contribution in [3.8, 4) is 5.75 Å². The molecule has 1 saturated heterocycles. The molecule has 1 aliphatic heterocycles. The van der Waals surface area contributed by atoms with Gasteiger partial charge in [-0.1, -0.05) is 45.0 Å². The van der Waals surface area contributed by atoms with Gasteiger partial charge in [-0.05, 0) is 61.8 Å². The fourth-order valence-electron chi connectivity index (χ4n) is 4.15. The smallest absolute Gasteiger partial charge is 0.295 e. The van der Waals surface area contributed by atoms with Gasteiger partial charge in [0.2, 0.25) is 0 Å². The zero-order valence-corrected chi connectivity index (χ0v) is 20.7. The quantitative estimate of drug-likeness (QED) is 0.368. The average molecular weight is 469 g/mol. The van der Waals surface area contributed by atoms with E-state index in [0.29, 0.717) is 18.5 Å². The van der Waals surface area contributed by atoms with Crippen molar-refractivity contribution in [3.63, 3.8) is 0 Å². The minimum atomic E-state index is -0.775. The number of carbonyl (C=O) groups excluding carboxylic acids is 2. The summed E-state index contributed by atoms with van der Waals surface area (Å²) < 4.78 is 19.3. The van der Waals surface area contributed by atoms with E-state index in [2.05, 4.69) is 20.8 Å². The number of benzene rings is 2. The summed E-state index contributed by atoms with van der Waals surface area (Å²) in [6, 6.07) is 10.9. The van der Waals surface area contributed by atoms with E-state index in [-0.39, 0.29) is 22.3 Å². The first-order chi connectivity index (χ1) is 16.0. The number of halogens is 1. The summed E-state index contributed by atoms with van der Waals surface area (Å²) in [5, 5.41) is 11.1. The fourth-order valence-corrected chi connectivity index (χ4v) is 4.15. The van der Waals surface area contributed by atoms with Crippen molar-refractivity contribution in [2.24, 2.45) is 0 Å². The number of methoxy groups -OCH3 is 1. The Balaban J connectivity index is 2.11. The van der Waals surface area contributed by atoms with Crippen molar-refractivity contribution < 1.29 is 23.8 Å². The monoisotopic (exact) mass is 468 g/mol. The number of likely N-dealkylation sites (tertiary alicyclic amines) is 1. The Morgan fingerprint density at radius 1 is 1.12 bits per heavy atom. The summed E-state index contributed by atoms with van der Waals surface area (Å²) in [7, 11) is 5.22. The van der Waals surface area contributed by atoms with Crippen LogP contribution in [0.25, 0.3) is 5.76 Å². The van der Waals surface area contributed by atoms with Crippen molar-refractivity contribution >= 4 is 17.4 Å². The maximum Gasteiger partial charge on any atom is 0.295 e. The number of hydrogen-bond acceptors (Lipinski definition) is 5. The highest BCUT2D eigenvalue weighted by Gasteiger charge is 2.45. The van der Waals surface area contributed by atoms with Crippen LogP contribution in [0.4, 0.5) is 4.39 Å². The molecule has 7 heteroatoms. The minimum Gasteiger partial charge on any atom is -0.507 e. The summed E-state index contributed by atoms with van der Waals surface area (Å²) in [5.74, 6) is -2.49. The van der Waals surface area contributed by atoms with E-state index in [0.717, 1.165) is 18.2 Å². The SMILES string of the molecule is COc1ccc(C(O)=C2C(=O)C(=O)N(CCCN(C)C)[C@H]2c2ccc(C(C)(C)C)cc2)cc1F. The Bertz CT molecular complexity index is 1100. The van der Waals surface area contributed by atoms with Crippen LogP contribution in [0, 0.1) is 5.82 Å². The van der Waals surface area contributed by atoms with Crippen molar-refractivity contribution in [1.82, 2.24) is 9.80 Å². The molecule has 2 aromatic carbocycles. The van der Waals surface area contributed by atoms with Gasteiger partial charge in [0.1, 0.15) is 5.76 Å². The Morgan fingerprint density at radius 2 is 1.76 bits per heavy atom. The number of aliphatic hydroxyl groups is 1. The second-order valence-electron chi connectivity index (χ2n) is 9.87. The topological polar surface area (TPSA) is 70.1 Å². The second-order valence-corrected chi connectivity index (χ2v) is 9.87. The van der Waals surface area contributed by atoms with Crippen LogP contribution in [-0.2, 0) is 15.0 Å². The molecule has 1 N–H and O–H groups in total. The third-order valence-electron chi connectivity index (χ3n) is 6.06. The van der Waals surface area contributed by atoms with Crippen LogP contribution in [-0.4, -0.2) is 60.9 Å².